The van der Waals surface area contributed by atoms with Gasteiger partial charge >= 0.3 is 0 Å². The Morgan fingerprint density at radius 1 is 1.47 bits per heavy atom. The van der Waals surface area contributed by atoms with Gasteiger partial charge in [0.05, 0.1) is 12.6 Å². The molecule has 0 aromatic heterocycles. The summed E-state index contributed by atoms with van der Waals surface area (Å²) in [6.45, 7) is 0.932. The lowest BCUT2D eigenvalue weighted by atomic mass is 10.3. The van der Waals surface area contributed by atoms with Crippen LogP contribution in [-0.4, -0.2) is 26.4 Å². The number of hydrazine groups is 1. The Hall–Kier alpha value is -0.810. The highest BCUT2D eigenvalue weighted by Crippen LogP contribution is 2.17. The molecular formula is C10H15ClN2O2. The van der Waals surface area contributed by atoms with Crippen LogP contribution >= 0.6 is 11.6 Å². The molecule has 1 atom stereocenters. The first-order valence-electron chi connectivity index (χ1n) is 4.59. The lowest BCUT2D eigenvalue weighted by Crippen LogP contribution is -2.42. The summed E-state index contributed by atoms with van der Waals surface area (Å²) < 4.78 is 10.4. The first kappa shape index (κ1) is 12.3. The molecule has 84 valence electrons. The fourth-order valence-electron chi connectivity index (χ4n) is 1.10. The second-order valence-corrected chi connectivity index (χ2v) is 3.52. The number of hydrogen-bond acceptors (Lipinski definition) is 4. The number of methoxy groups -OCH3 is 1. The molecule has 1 aromatic carbocycles. The molecule has 0 fully saturated rings. The second kappa shape index (κ2) is 6.63. The minimum absolute atomic E-state index is 0.0334. The van der Waals surface area contributed by atoms with Crippen molar-refractivity contribution in [2.24, 2.45) is 5.84 Å². The fraction of sp³-hybridized carbons (Fsp3) is 0.400. The second-order valence-electron chi connectivity index (χ2n) is 3.09. The molecular weight excluding hydrogens is 216 g/mol. The van der Waals surface area contributed by atoms with Gasteiger partial charge in [-0.3, -0.25) is 11.3 Å². The molecule has 0 aliphatic carbocycles. The third-order valence-corrected chi connectivity index (χ3v) is 2.09. The lowest BCUT2D eigenvalue weighted by molar-refractivity contribution is 0.136. The maximum atomic E-state index is 5.81. The van der Waals surface area contributed by atoms with Gasteiger partial charge in [0.15, 0.2) is 0 Å². The van der Waals surface area contributed by atoms with Crippen molar-refractivity contribution in [2.75, 3.05) is 20.3 Å². The van der Waals surface area contributed by atoms with E-state index >= 15 is 0 Å². The van der Waals surface area contributed by atoms with Crippen molar-refractivity contribution in [1.82, 2.24) is 5.43 Å². The standard InChI is InChI=1S/C10H15ClN2O2/c1-14-6-9(13-12)7-15-10-4-2-3-8(11)5-10/h2-5,9,13H,6-7,12H2,1H3. The zero-order valence-electron chi connectivity index (χ0n) is 8.57. The maximum absolute atomic E-state index is 5.81. The molecule has 0 radical (unpaired) electrons. The van der Waals surface area contributed by atoms with E-state index in [1.54, 1.807) is 19.2 Å². The predicted octanol–water partition coefficient (Wildman–Crippen LogP) is 1.20. The van der Waals surface area contributed by atoms with Gasteiger partial charge in [0.2, 0.25) is 0 Å². The van der Waals surface area contributed by atoms with E-state index in [4.69, 9.17) is 26.9 Å². The number of rotatable bonds is 6. The largest absolute Gasteiger partial charge is 0.492 e. The summed E-state index contributed by atoms with van der Waals surface area (Å²) >= 11 is 5.81. The van der Waals surface area contributed by atoms with Gasteiger partial charge < -0.3 is 9.47 Å². The summed E-state index contributed by atoms with van der Waals surface area (Å²) in [6.07, 6.45) is 0. The molecule has 0 spiro atoms. The number of nitrogens with one attached hydrogen (secondary N) is 1. The summed E-state index contributed by atoms with van der Waals surface area (Å²) in [4.78, 5) is 0. The van der Waals surface area contributed by atoms with E-state index in [1.165, 1.54) is 0 Å². The third kappa shape index (κ3) is 4.48. The molecule has 1 rings (SSSR count). The smallest absolute Gasteiger partial charge is 0.120 e. The normalized spacial score (nSPS) is 12.5. The van der Waals surface area contributed by atoms with Gasteiger partial charge in [-0.2, -0.15) is 0 Å². The Morgan fingerprint density at radius 3 is 2.87 bits per heavy atom. The van der Waals surface area contributed by atoms with Crippen LogP contribution in [0.4, 0.5) is 0 Å². The average Bonchev–Trinajstić information content (AvgIpc) is 2.24. The molecule has 0 amide bonds. The van der Waals surface area contributed by atoms with Gasteiger partial charge in [-0.05, 0) is 18.2 Å². The zero-order chi connectivity index (χ0) is 11.1. The molecule has 0 heterocycles. The molecule has 0 aliphatic heterocycles. The van der Waals surface area contributed by atoms with Crippen molar-refractivity contribution in [3.05, 3.63) is 29.3 Å². The Kier molecular flexibility index (Phi) is 5.42. The van der Waals surface area contributed by atoms with Crippen LogP contribution in [0.2, 0.25) is 5.02 Å². The molecule has 0 bridgehead atoms. The van der Waals surface area contributed by atoms with Gasteiger partial charge in [0.25, 0.3) is 0 Å². The molecule has 4 nitrogen and oxygen atoms in total. The van der Waals surface area contributed by atoms with Gasteiger partial charge in [-0.1, -0.05) is 17.7 Å². The highest BCUT2D eigenvalue weighted by molar-refractivity contribution is 6.30. The van der Waals surface area contributed by atoms with E-state index in [-0.39, 0.29) is 6.04 Å². The van der Waals surface area contributed by atoms with Crippen LogP contribution in [0.15, 0.2) is 24.3 Å². The van der Waals surface area contributed by atoms with E-state index in [9.17, 15) is 0 Å². The van der Waals surface area contributed by atoms with E-state index in [2.05, 4.69) is 5.43 Å². The monoisotopic (exact) mass is 230 g/mol. The highest BCUT2D eigenvalue weighted by atomic mass is 35.5. The van der Waals surface area contributed by atoms with Crippen molar-refractivity contribution in [3.8, 4) is 5.75 Å². The maximum Gasteiger partial charge on any atom is 0.120 e. The highest BCUT2D eigenvalue weighted by Gasteiger charge is 2.06. The molecule has 0 aliphatic rings. The minimum Gasteiger partial charge on any atom is -0.492 e. The number of halogens is 1. The fourth-order valence-corrected chi connectivity index (χ4v) is 1.28. The van der Waals surface area contributed by atoms with Crippen molar-refractivity contribution in [2.45, 2.75) is 6.04 Å². The average molecular weight is 231 g/mol. The first-order chi connectivity index (χ1) is 7.26. The quantitative estimate of drug-likeness (QED) is 0.570. The van der Waals surface area contributed by atoms with Crippen LogP contribution in [0.3, 0.4) is 0 Å². The van der Waals surface area contributed by atoms with Crippen molar-refractivity contribution in [3.63, 3.8) is 0 Å². The van der Waals surface area contributed by atoms with Crippen LogP contribution in [0, 0.1) is 0 Å². The third-order valence-electron chi connectivity index (χ3n) is 1.85. The SMILES string of the molecule is COCC(COc1cccc(Cl)c1)NN. The summed E-state index contributed by atoms with van der Waals surface area (Å²) in [5, 5.41) is 0.650. The molecule has 0 saturated carbocycles. The van der Waals surface area contributed by atoms with Crippen molar-refractivity contribution in [1.29, 1.82) is 0 Å². The Morgan fingerprint density at radius 2 is 2.27 bits per heavy atom. The number of ether oxygens (including phenoxy) is 2. The first-order valence-corrected chi connectivity index (χ1v) is 4.97. The molecule has 0 saturated heterocycles. The van der Waals surface area contributed by atoms with E-state index in [0.717, 1.165) is 5.75 Å². The molecule has 1 aromatic rings. The van der Waals surface area contributed by atoms with Crippen molar-refractivity contribution < 1.29 is 9.47 Å². The molecule has 5 heteroatoms. The predicted molar refractivity (Wildman–Crippen MR) is 59.9 cm³/mol. The summed E-state index contributed by atoms with van der Waals surface area (Å²) in [5.41, 5.74) is 2.60. The Balaban J connectivity index is 2.41. The number of hydrogen-bond donors (Lipinski definition) is 2. The number of nitrogens with two attached hydrogens (primary N) is 1. The van der Waals surface area contributed by atoms with Crippen LogP contribution in [0.5, 0.6) is 5.75 Å². The Bertz CT molecular complexity index is 297. The van der Waals surface area contributed by atoms with E-state index in [0.29, 0.717) is 18.2 Å². The van der Waals surface area contributed by atoms with Crippen molar-refractivity contribution >= 4 is 11.6 Å². The summed E-state index contributed by atoms with van der Waals surface area (Å²) in [5.74, 6) is 6.04. The van der Waals surface area contributed by atoms with Crippen LogP contribution in [0.1, 0.15) is 0 Å². The molecule has 1 unspecified atom stereocenters. The minimum atomic E-state index is -0.0334. The summed E-state index contributed by atoms with van der Waals surface area (Å²) in [6, 6.07) is 7.18. The molecule has 3 N–H and O–H groups in total. The van der Waals surface area contributed by atoms with Gasteiger partial charge in [0.1, 0.15) is 12.4 Å². The zero-order valence-corrected chi connectivity index (χ0v) is 9.33. The lowest BCUT2D eigenvalue weighted by Gasteiger charge is -2.15. The van der Waals surface area contributed by atoms with Crippen LogP contribution in [-0.2, 0) is 4.74 Å². The van der Waals surface area contributed by atoms with Gasteiger partial charge in [0, 0.05) is 12.1 Å². The van der Waals surface area contributed by atoms with Gasteiger partial charge in [-0.15, -0.1) is 0 Å². The van der Waals surface area contributed by atoms with E-state index < -0.39 is 0 Å². The Labute approximate surface area is 94.3 Å². The van der Waals surface area contributed by atoms with Crippen LogP contribution in [0.25, 0.3) is 0 Å². The number of benzene rings is 1. The topological polar surface area (TPSA) is 56.5 Å². The van der Waals surface area contributed by atoms with Gasteiger partial charge in [-0.25, -0.2) is 0 Å². The van der Waals surface area contributed by atoms with Crippen LogP contribution < -0.4 is 16.0 Å². The van der Waals surface area contributed by atoms with E-state index in [1.807, 2.05) is 12.1 Å². The summed E-state index contributed by atoms with van der Waals surface area (Å²) in [7, 11) is 1.61. The molecule has 15 heavy (non-hydrogen) atoms.